The smallest absolute Gasteiger partial charge is 0.407 e. The number of hydrogen-bond acceptors (Lipinski definition) is 31. The number of fused-ring (bicyclic) bond motifs is 6. The third-order valence-corrected chi connectivity index (χ3v) is 24.0. The van der Waals surface area contributed by atoms with Crippen LogP contribution in [-0.4, -0.2) is 291 Å². The third kappa shape index (κ3) is 28.8. The van der Waals surface area contributed by atoms with Crippen LogP contribution >= 0.6 is 0 Å². The van der Waals surface area contributed by atoms with E-state index >= 15 is 0 Å². The Morgan fingerprint density at radius 2 is 1.40 bits per heavy atom. The van der Waals surface area contributed by atoms with E-state index in [0.717, 1.165) is 33.6 Å². The topological polar surface area (TPSA) is 466 Å². The maximum absolute atomic E-state index is 14.7. The van der Waals surface area contributed by atoms with E-state index in [4.69, 9.17) is 88.3 Å². The fourth-order valence-corrected chi connectivity index (χ4v) is 16.7. The van der Waals surface area contributed by atoms with Crippen LogP contribution in [0.15, 0.2) is 94.7 Å². The van der Waals surface area contributed by atoms with Crippen molar-refractivity contribution in [3.63, 3.8) is 0 Å². The minimum absolute atomic E-state index is 0.00250. The summed E-state index contributed by atoms with van der Waals surface area (Å²) in [6.45, 7) is 16.9. The number of rotatable bonds is 36. The number of alkyl carbamates (subject to hydrolysis) is 1. The molecule has 3 amide bonds. The number of hydrogen-bond donors (Lipinski definition) is 7. The van der Waals surface area contributed by atoms with Gasteiger partial charge >= 0.3 is 12.1 Å². The van der Waals surface area contributed by atoms with Gasteiger partial charge in [-0.2, -0.15) is 10.1 Å². The molecule has 694 valence electrons. The number of Topliss-reactive ketones (excluding diaryl/α,β-unsaturated/α-hetero) is 3. The van der Waals surface area contributed by atoms with Crippen LogP contribution in [0.5, 0.6) is 0 Å². The van der Waals surface area contributed by atoms with Gasteiger partial charge in [-0.3, -0.25) is 24.0 Å². The summed E-state index contributed by atoms with van der Waals surface area (Å²) in [5.41, 5.74) is 26.6. The fourth-order valence-electron chi connectivity index (χ4n) is 16.7. The van der Waals surface area contributed by atoms with Crippen molar-refractivity contribution >= 4 is 75.2 Å². The molecule has 2 bridgehead atoms. The number of nitrogens with two attached hydrogens (primary N) is 3. The molecular weight excluding hydrogens is 1630 g/mol. The molecule has 0 spiro atoms. The molecule has 35 heteroatoms. The standard InChI is InChI=1S/C91H131N11O24/c1-57-14-10-9-11-15-58(2)75(113-7)52-68-22-17-62(6)91(112,126-68)84(108)87(109)101-28-13-12-16-71(101)88(110)123-76(69(92)49-63-19-23-72(103)77(50-63)114-8)53-73(104)59(3)47-61(5)83(82(107)81(106)60(4)46-57)125-90(111)95-27-31-116-33-35-118-37-39-120-41-43-122-45-44-121-42-40-119-38-36-117-34-32-115-30-26-78(105)100-29-25-65-48-64(18-20-67(65)55-100)54-102-86-79(85(93)96-56-97-86)80(99-102)66-21-24-74-70(51-66)98-89(94)124-74/h9-11,14-15,18,20-21,24,47-48,51,56-57,59-60,62-63,68-69,71-72,75-77,82-83,103,107,112H,12-13,16-17,19,22-23,25-46,49-50,52-55,92H2,1-8H3,(H2,94,98)(H,95,111)(H2,93,96,97)/b11-9?,14-10+,58-15?,61-47+/t57-,59-,60-,62-,63+,68+,69-,71+,72-,75+,76+,77-,82+,83-,91-/m1/s1. The minimum Gasteiger partial charge on any atom is -0.459 e. The molecule has 126 heavy (non-hydrogen) atoms. The summed E-state index contributed by atoms with van der Waals surface area (Å²) >= 11 is 0. The van der Waals surface area contributed by atoms with E-state index in [9.17, 15) is 48.9 Å². The largest absolute Gasteiger partial charge is 0.459 e. The normalized spacial score (nSPS) is 26.4. The van der Waals surface area contributed by atoms with Crippen molar-refractivity contribution in [2.75, 3.05) is 151 Å². The van der Waals surface area contributed by atoms with E-state index in [1.807, 2.05) is 65.9 Å². The zero-order valence-electron chi connectivity index (χ0n) is 74.1. The van der Waals surface area contributed by atoms with E-state index in [2.05, 4.69) is 38.5 Å². The van der Waals surface area contributed by atoms with Gasteiger partial charge in [-0.25, -0.2) is 24.2 Å². The van der Waals surface area contributed by atoms with E-state index < -0.39 is 120 Å². The predicted octanol–water partition coefficient (Wildman–Crippen LogP) is 7.22. The van der Waals surface area contributed by atoms with Crippen molar-refractivity contribution in [2.24, 2.45) is 35.3 Å². The number of methoxy groups -OCH3 is 2. The fraction of sp³-hybridized carbons (Fsp3) is 0.637. The molecule has 10 N–H and O–H groups in total. The first-order valence-corrected chi connectivity index (χ1v) is 44.2. The van der Waals surface area contributed by atoms with Gasteiger partial charge in [0.1, 0.15) is 41.3 Å². The Hall–Kier alpha value is -8.89. The highest BCUT2D eigenvalue weighted by Gasteiger charge is 2.53. The molecule has 10 rings (SSSR count). The number of oxazole rings is 1. The van der Waals surface area contributed by atoms with Gasteiger partial charge in [-0.15, -0.1) is 0 Å². The maximum Gasteiger partial charge on any atom is 0.407 e. The lowest BCUT2D eigenvalue weighted by atomic mass is 9.80. The van der Waals surface area contributed by atoms with Crippen molar-refractivity contribution in [3.05, 3.63) is 107 Å². The molecule has 3 fully saturated rings. The van der Waals surface area contributed by atoms with Gasteiger partial charge in [0.05, 0.1) is 148 Å². The molecule has 1 aliphatic carbocycles. The number of carbonyl (C=O) groups is 7. The van der Waals surface area contributed by atoms with Crippen molar-refractivity contribution in [3.8, 4) is 11.3 Å². The summed E-state index contributed by atoms with van der Waals surface area (Å²) < 4.78 is 82.1. The Kier molecular flexibility index (Phi) is 39.5. The van der Waals surface area contributed by atoms with Gasteiger partial charge in [-0.1, -0.05) is 82.4 Å². The van der Waals surface area contributed by atoms with Crippen LogP contribution in [0.3, 0.4) is 0 Å². The molecule has 4 aliphatic heterocycles. The van der Waals surface area contributed by atoms with E-state index in [0.29, 0.717) is 184 Å². The van der Waals surface area contributed by atoms with Gasteiger partial charge < -0.3 is 114 Å². The highest BCUT2D eigenvalue weighted by molar-refractivity contribution is 6.39. The van der Waals surface area contributed by atoms with Crippen LogP contribution in [-0.2, 0) is 110 Å². The molecule has 2 saturated heterocycles. The van der Waals surface area contributed by atoms with Crippen LogP contribution < -0.4 is 22.5 Å². The monoisotopic (exact) mass is 1760 g/mol. The summed E-state index contributed by atoms with van der Waals surface area (Å²) in [4.78, 5) is 115. The molecule has 0 radical (unpaired) electrons. The number of carbonyl (C=O) groups excluding carboxylic acids is 7. The molecular formula is C91H131N11O24. The van der Waals surface area contributed by atoms with Crippen LogP contribution in [0.4, 0.5) is 16.6 Å². The lowest BCUT2D eigenvalue weighted by molar-refractivity contribution is -0.265. The summed E-state index contributed by atoms with van der Waals surface area (Å²) in [5, 5.41) is 42.9. The number of aliphatic hydroxyl groups is 3. The van der Waals surface area contributed by atoms with Gasteiger partial charge in [0.15, 0.2) is 29.2 Å². The van der Waals surface area contributed by atoms with Crippen LogP contribution in [0.25, 0.3) is 33.4 Å². The Morgan fingerprint density at radius 3 is 2.07 bits per heavy atom. The summed E-state index contributed by atoms with van der Waals surface area (Å²) in [5.74, 6) is -9.19. The average Bonchev–Trinajstić information content (AvgIpc) is 1.57. The number of nitrogen functional groups attached to an aromatic ring is 2. The van der Waals surface area contributed by atoms with E-state index in [1.165, 1.54) is 32.0 Å². The number of nitrogens with zero attached hydrogens (tertiary/aromatic N) is 7. The number of nitrogens with one attached hydrogen (secondary N) is 1. The number of piperidine rings is 1. The summed E-state index contributed by atoms with van der Waals surface area (Å²) in [6, 6.07) is 9.67. The summed E-state index contributed by atoms with van der Waals surface area (Å²) in [6.07, 6.45) is 8.92. The molecule has 0 unspecified atom stereocenters. The van der Waals surface area contributed by atoms with Crippen LogP contribution in [0.1, 0.15) is 142 Å². The SMILES string of the molecule is CO[C@H]1C[C@@H]2CC[C@@H](C)[C@@](O)(O2)C(=O)C(=O)N2CCCC[C@H]2C(=O)O[C@H]([C@H](N)C[C@@H]2CC[C@@H](O)[C@H](OC)C2)CC(=O)[C@H](C)/C=C(\C)[C@@H](OC(=O)NCCOCCOCCOCCOCCOCCOCCOCCOCCC(=O)N2CCc3cc(Cn4nc(-c5ccc6oc(N)nc6c5)c5c(N)ncnc54)ccc3C2)[C@@H](O)C(=O)[C@H](C)C[C@H](C)/C=C/C=CC=C1C. The number of aromatic nitrogens is 5. The number of ketones is 3. The lowest BCUT2D eigenvalue weighted by Crippen LogP contribution is -2.61. The second-order valence-corrected chi connectivity index (χ2v) is 33.4. The molecule has 5 aromatic rings. The number of cyclic esters (lactones) is 1. The Bertz CT molecular complexity index is 4500. The zero-order chi connectivity index (χ0) is 90.2. The highest BCUT2D eigenvalue weighted by Crippen LogP contribution is 2.39. The molecule has 1 saturated carbocycles. The van der Waals surface area contributed by atoms with Crippen molar-refractivity contribution < 1.29 is 115 Å². The van der Waals surface area contributed by atoms with Crippen molar-refractivity contribution in [1.29, 1.82) is 0 Å². The second kappa shape index (κ2) is 50.2. The van der Waals surface area contributed by atoms with Gasteiger partial charge in [-0.05, 0) is 142 Å². The molecule has 15 atom stereocenters. The van der Waals surface area contributed by atoms with Crippen molar-refractivity contribution in [1.82, 2.24) is 39.8 Å². The number of ether oxygens (including phenoxy) is 13. The Morgan fingerprint density at radius 1 is 0.722 bits per heavy atom. The number of anilines is 2. The average molecular weight is 1760 g/mol. The number of allylic oxidation sites excluding steroid dienone is 6. The van der Waals surface area contributed by atoms with Crippen molar-refractivity contribution in [2.45, 2.75) is 205 Å². The molecule has 3 aromatic heterocycles. The van der Waals surface area contributed by atoms with Gasteiger partial charge in [0, 0.05) is 82.6 Å². The number of amides is 3. The predicted molar refractivity (Wildman–Crippen MR) is 464 cm³/mol. The molecule has 2 aromatic carbocycles. The Balaban J connectivity index is 0.586. The first-order chi connectivity index (χ1) is 60.7. The lowest BCUT2D eigenvalue weighted by Gasteiger charge is -2.42. The summed E-state index contributed by atoms with van der Waals surface area (Å²) in [7, 11) is 3.06. The maximum atomic E-state index is 14.7. The Labute approximate surface area is 736 Å². The zero-order valence-corrected chi connectivity index (χ0v) is 74.1. The first-order valence-electron chi connectivity index (χ1n) is 44.2. The van der Waals surface area contributed by atoms with Crippen LogP contribution in [0.2, 0.25) is 0 Å². The quantitative estimate of drug-likeness (QED) is 0.00900. The van der Waals surface area contributed by atoms with Gasteiger partial charge in [0.25, 0.3) is 17.7 Å². The van der Waals surface area contributed by atoms with Gasteiger partial charge in [0.2, 0.25) is 11.7 Å². The first kappa shape index (κ1) is 99.3. The number of esters is 1. The highest BCUT2D eigenvalue weighted by atomic mass is 16.6. The molecule has 7 heterocycles. The number of benzene rings is 2. The second-order valence-electron chi connectivity index (χ2n) is 33.4. The number of aliphatic hydroxyl groups excluding tert-OH is 2. The minimum atomic E-state index is -2.51. The third-order valence-electron chi connectivity index (χ3n) is 24.0. The van der Waals surface area contributed by atoms with E-state index in [-0.39, 0.29) is 94.5 Å². The molecule has 5 aliphatic rings. The molecule has 35 nitrogen and oxygen atoms in total. The van der Waals surface area contributed by atoms with E-state index in [1.54, 1.807) is 33.9 Å². The van der Waals surface area contributed by atoms with Crippen LogP contribution in [0, 0.1) is 29.6 Å².